The molecule has 5 heteroatoms. The predicted molar refractivity (Wildman–Crippen MR) is 62.8 cm³/mol. The topological polar surface area (TPSA) is 41.6 Å². The molecular weight excluding hydrogens is 228 g/mol. The Hall–Kier alpha value is -0.320. The molecular formula is C11H19ClN2O2. The van der Waals surface area contributed by atoms with E-state index < -0.39 is 0 Å². The van der Waals surface area contributed by atoms with E-state index in [-0.39, 0.29) is 23.9 Å². The summed E-state index contributed by atoms with van der Waals surface area (Å²) in [6, 6.07) is 0.535. The molecule has 0 aromatic rings. The molecule has 1 N–H and O–H groups in total. The molecule has 0 aromatic carbocycles. The highest BCUT2D eigenvalue weighted by molar-refractivity contribution is 5.85. The molecule has 0 bridgehead atoms. The molecule has 1 spiro atoms. The first-order valence-electron chi connectivity index (χ1n) is 5.93. The summed E-state index contributed by atoms with van der Waals surface area (Å²) in [5, 5.41) is 3.34. The van der Waals surface area contributed by atoms with Crippen LogP contribution >= 0.6 is 12.4 Å². The van der Waals surface area contributed by atoms with Crippen molar-refractivity contribution in [2.45, 2.75) is 37.3 Å². The average molecular weight is 247 g/mol. The summed E-state index contributed by atoms with van der Waals surface area (Å²) >= 11 is 0. The Bertz CT molecular complexity index is 275. The third kappa shape index (κ3) is 2.19. The fourth-order valence-electron chi connectivity index (χ4n) is 2.65. The molecule has 4 nitrogen and oxygen atoms in total. The lowest BCUT2D eigenvalue weighted by Crippen LogP contribution is -2.58. The molecule has 3 aliphatic rings. The molecule has 16 heavy (non-hydrogen) atoms. The zero-order chi connectivity index (χ0) is 10.3. The van der Waals surface area contributed by atoms with Crippen molar-refractivity contribution in [1.29, 1.82) is 0 Å². The molecule has 3 fully saturated rings. The van der Waals surface area contributed by atoms with Crippen molar-refractivity contribution in [3.63, 3.8) is 0 Å². The van der Waals surface area contributed by atoms with Crippen LogP contribution in [0.2, 0.25) is 0 Å². The lowest BCUT2D eigenvalue weighted by atomic mass is 9.90. The number of carbonyl (C=O) groups excluding carboxylic acids is 1. The molecule has 92 valence electrons. The molecule has 0 aromatic heterocycles. The SMILES string of the molecule is Cl.O=C1COC2(CCNCC2)CN1C1CC1. The summed E-state index contributed by atoms with van der Waals surface area (Å²) in [5.74, 6) is 0.196. The third-order valence-electron chi connectivity index (χ3n) is 3.78. The zero-order valence-corrected chi connectivity index (χ0v) is 10.2. The summed E-state index contributed by atoms with van der Waals surface area (Å²) in [4.78, 5) is 13.8. The van der Waals surface area contributed by atoms with Crippen LogP contribution in [-0.2, 0) is 9.53 Å². The fourth-order valence-corrected chi connectivity index (χ4v) is 2.65. The number of nitrogens with one attached hydrogen (secondary N) is 1. The first kappa shape index (κ1) is 12.1. The summed E-state index contributed by atoms with van der Waals surface area (Å²) in [7, 11) is 0. The Morgan fingerprint density at radius 2 is 2.00 bits per heavy atom. The minimum absolute atomic E-state index is 0. The molecule has 2 saturated heterocycles. The van der Waals surface area contributed by atoms with Crippen LogP contribution in [0, 0.1) is 0 Å². The summed E-state index contributed by atoms with van der Waals surface area (Å²) in [5.41, 5.74) is -0.0260. The highest BCUT2D eigenvalue weighted by atomic mass is 35.5. The summed E-state index contributed by atoms with van der Waals surface area (Å²) in [6.07, 6.45) is 4.48. The van der Waals surface area contributed by atoms with Crippen molar-refractivity contribution in [2.75, 3.05) is 26.2 Å². The number of rotatable bonds is 1. The number of nitrogens with zero attached hydrogens (tertiary/aromatic N) is 1. The summed E-state index contributed by atoms with van der Waals surface area (Å²) in [6.45, 7) is 3.17. The van der Waals surface area contributed by atoms with Crippen molar-refractivity contribution in [3.05, 3.63) is 0 Å². The molecule has 1 aliphatic carbocycles. The van der Waals surface area contributed by atoms with Crippen molar-refractivity contribution >= 4 is 18.3 Å². The first-order valence-corrected chi connectivity index (χ1v) is 5.93. The van der Waals surface area contributed by atoms with Gasteiger partial charge in [-0.15, -0.1) is 12.4 Å². The fraction of sp³-hybridized carbons (Fsp3) is 0.909. The number of halogens is 1. The van der Waals surface area contributed by atoms with Gasteiger partial charge in [0.05, 0.1) is 12.1 Å². The smallest absolute Gasteiger partial charge is 0.248 e. The van der Waals surface area contributed by atoms with Gasteiger partial charge in [-0.1, -0.05) is 0 Å². The Morgan fingerprint density at radius 3 is 2.62 bits per heavy atom. The second-order valence-corrected chi connectivity index (χ2v) is 4.97. The van der Waals surface area contributed by atoms with Crippen LogP contribution in [0.15, 0.2) is 0 Å². The molecule has 3 rings (SSSR count). The zero-order valence-electron chi connectivity index (χ0n) is 9.41. The second kappa shape index (κ2) is 4.51. The van der Waals surface area contributed by atoms with Crippen LogP contribution in [0.25, 0.3) is 0 Å². The molecule has 0 unspecified atom stereocenters. The van der Waals surface area contributed by atoms with Gasteiger partial charge in [-0.3, -0.25) is 4.79 Å². The molecule has 1 amide bonds. The lowest BCUT2D eigenvalue weighted by Gasteiger charge is -2.45. The molecule has 0 radical (unpaired) electrons. The summed E-state index contributed by atoms with van der Waals surface area (Å²) < 4.78 is 5.80. The Morgan fingerprint density at radius 1 is 1.31 bits per heavy atom. The molecule has 2 heterocycles. The minimum Gasteiger partial charge on any atom is -0.363 e. The van der Waals surface area contributed by atoms with Gasteiger partial charge in [-0.25, -0.2) is 0 Å². The first-order chi connectivity index (χ1) is 7.29. The van der Waals surface area contributed by atoms with Crippen LogP contribution in [0.3, 0.4) is 0 Å². The number of carbonyl (C=O) groups is 1. The van der Waals surface area contributed by atoms with E-state index in [2.05, 4.69) is 10.2 Å². The van der Waals surface area contributed by atoms with Gasteiger partial charge in [-0.05, 0) is 38.8 Å². The van der Waals surface area contributed by atoms with Gasteiger partial charge in [-0.2, -0.15) is 0 Å². The van der Waals surface area contributed by atoms with Gasteiger partial charge < -0.3 is 15.0 Å². The quantitative estimate of drug-likeness (QED) is 0.735. The average Bonchev–Trinajstić information content (AvgIpc) is 3.07. The van der Waals surface area contributed by atoms with Crippen LogP contribution in [0.5, 0.6) is 0 Å². The van der Waals surface area contributed by atoms with Crippen molar-refractivity contribution in [2.24, 2.45) is 0 Å². The Balaban J connectivity index is 0.000000963. The number of morpholine rings is 1. The van der Waals surface area contributed by atoms with Crippen LogP contribution in [0.1, 0.15) is 25.7 Å². The Kier molecular flexibility index (Phi) is 3.42. The van der Waals surface area contributed by atoms with Crippen LogP contribution < -0.4 is 5.32 Å². The van der Waals surface area contributed by atoms with Gasteiger partial charge in [0.2, 0.25) is 5.91 Å². The number of amides is 1. The van der Waals surface area contributed by atoms with Crippen LogP contribution in [-0.4, -0.2) is 48.7 Å². The minimum atomic E-state index is -0.0260. The van der Waals surface area contributed by atoms with E-state index in [4.69, 9.17) is 4.74 Å². The molecule has 1 saturated carbocycles. The second-order valence-electron chi connectivity index (χ2n) is 4.97. The Labute approximate surface area is 102 Å². The standard InChI is InChI=1S/C11H18N2O2.ClH/c14-10-7-15-11(3-5-12-6-4-11)8-13(10)9-1-2-9;/h9,12H,1-8H2;1H. The molecule has 2 aliphatic heterocycles. The largest absolute Gasteiger partial charge is 0.363 e. The van der Waals surface area contributed by atoms with Crippen molar-refractivity contribution in [1.82, 2.24) is 10.2 Å². The monoisotopic (exact) mass is 246 g/mol. The highest BCUT2D eigenvalue weighted by Gasteiger charge is 2.45. The third-order valence-corrected chi connectivity index (χ3v) is 3.78. The number of hydrogen-bond donors (Lipinski definition) is 1. The van der Waals surface area contributed by atoms with Crippen molar-refractivity contribution < 1.29 is 9.53 Å². The predicted octanol–water partition coefficient (Wildman–Crippen LogP) is 0.552. The van der Waals surface area contributed by atoms with E-state index >= 15 is 0 Å². The molecule has 0 atom stereocenters. The van der Waals surface area contributed by atoms with E-state index in [0.29, 0.717) is 12.6 Å². The lowest BCUT2D eigenvalue weighted by molar-refractivity contribution is -0.168. The van der Waals surface area contributed by atoms with Gasteiger partial charge in [0.1, 0.15) is 6.61 Å². The van der Waals surface area contributed by atoms with Gasteiger partial charge in [0.25, 0.3) is 0 Å². The highest BCUT2D eigenvalue weighted by Crippen LogP contribution is 2.34. The van der Waals surface area contributed by atoms with Gasteiger partial charge >= 0.3 is 0 Å². The maximum Gasteiger partial charge on any atom is 0.248 e. The van der Waals surface area contributed by atoms with Crippen molar-refractivity contribution in [3.8, 4) is 0 Å². The maximum absolute atomic E-state index is 11.7. The normalized spacial score (nSPS) is 29.0. The van der Waals surface area contributed by atoms with E-state index in [9.17, 15) is 4.79 Å². The van der Waals surface area contributed by atoms with E-state index in [1.54, 1.807) is 0 Å². The van der Waals surface area contributed by atoms with Gasteiger partial charge in [0, 0.05) is 6.04 Å². The maximum atomic E-state index is 11.7. The van der Waals surface area contributed by atoms with Gasteiger partial charge in [0.15, 0.2) is 0 Å². The van der Waals surface area contributed by atoms with E-state index in [1.165, 1.54) is 12.8 Å². The van der Waals surface area contributed by atoms with Crippen LogP contribution in [0.4, 0.5) is 0 Å². The van der Waals surface area contributed by atoms with E-state index in [0.717, 1.165) is 32.5 Å². The number of ether oxygens (including phenoxy) is 1. The number of hydrogen-bond acceptors (Lipinski definition) is 3. The number of piperidine rings is 1. The van der Waals surface area contributed by atoms with E-state index in [1.807, 2.05) is 0 Å².